The molecule has 0 heterocycles. The van der Waals surface area contributed by atoms with Gasteiger partial charge in [0.25, 0.3) is 0 Å². The number of carbonyl (C=O) groups is 1. The molecule has 20 heavy (non-hydrogen) atoms. The van der Waals surface area contributed by atoms with Crippen molar-refractivity contribution in [3.8, 4) is 0 Å². The Hall–Kier alpha value is -0.910. The Morgan fingerprint density at radius 1 is 1.30 bits per heavy atom. The number of hydrogen-bond donors (Lipinski definition) is 4. The number of aliphatic hydroxyl groups is 3. The van der Waals surface area contributed by atoms with Crippen LogP contribution in [0.5, 0.6) is 0 Å². The summed E-state index contributed by atoms with van der Waals surface area (Å²) in [5, 5.41) is 38.3. The second-order valence-corrected chi connectivity index (χ2v) is 5.66. The minimum Gasteiger partial charge on any atom is -0.481 e. The van der Waals surface area contributed by atoms with Gasteiger partial charge in [-0.1, -0.05) is 38.3 Å². The fourth-order valence-corrected chi connectivity index (χ4v) is 2.82. The van der Waals surface area contributed by atoms with Crippen LogP contribution in [0.2, 0.25) is 0 Å². The van der Waals surface area contributed by atoms with Crippen molar-refractivity contribution >= 4 is 5.97 Å². The summed E-state index contributed by atoms with van der Waals surface area (Å²) < 4.78 is 0. The predicted molar refractivity (Wildman–Crippen MR) is 75.2 cm³/mol. The molecule has 0 bridgehead atoms. The summed E-state index contributed by atoms with van der Waals surface area (Å²) in [5.74, 6) is -1.87. The van der Waals surface area contributed by atoms with Gasteiger partial charge in [-0.25, -0.2) is 0 Å². The fourth-order valence-electron chi connectivity index (χ4n) is 2.82. The van der Waals surface area contributed by atoms with E-state index in [9.17, 15) is 20.1 Å². The van der Waals surface area contributed by atoms with E-state index in [1.54, 1.807) is 12.2 Å². The molecule has 1 aliphatic carbocycles. The molecule has 0 radical (unpaired) electrons. The Balaban J connectivity index is 2.55. The first-order valence-corrected chi connectivity index (χ1v) is 7.40. The van der Waals surface area contributed by atoms with Crippen molar-refractivity contribution in [2.45, 2.75) is 63.8 Å². The molecule has 0 spiro atoms. The van der Waals surface area contributed by atoms with Gasteiger partial charge in [-0.05, 0) is 6.42 Å². The molecule has 1 unspecified atom stereocenters. The molecule has 0 aromatic heterocycles. The molecule has 4 N–H and O–H groups in total. The molecule has 1 rings (SSSR count). The quantitative estimate of drug-likeness (QED) is 0.398. The van der Waals surface area contributed by atoms with E-state index in [2.05, 4.69) is 6.92 Å². The normalized spacial score (nSPS) is 31.8. The highest BCUT2D eigenvalue weighted by Crippen LogP contribution is 2.36. The predicted octanol–water partition coefficient (Wildman–Crippen LogP) is 1.32. The third kappa shape index (κ3) is 5.23. The summed E-state index contributed by atoms with van der Waals surface area (Å²) in [6, 6.07) is 0. The molecule has 0 aliphatic heterocycles. The third-order valence-corrected chi connectivity index (χ3v) is 3.99. The second kappa shape index (κ2) is 8.39. The van der Waals surface area contributed by atoms with Gasteiger partial charge in [0.15, 0.2) is 0 Å². The van der Waals surface area contributed by atoms with Gasteiger partial charge in [-0.2, -0.15) is 0 Å². The van der Waals surface area contributed by atoms with Gasteiger partial charge in [-0.15, -0.1) is 0 Å². The average Bonchev–Trinajstić information content (AvgIpc) is 2.62. The van der Waals surface area contributed by atoms with E-state index in [1.165, 1.54) is 0 Å². The van der Waals surface area contributed by atoms with Crippen LogP contribution in [-0.4, -0.2) is 44.7 Å². The molecular formula is C15H26O5. The van der Waals surface area contributed by atoms with Crippen molar-refractivity contribution in [3.63, 3.8) is 0 Å². The van der Waals surface area contributed by atoms with E-state index in [-0.39, 0.29) is 12.8 Å². The highest BCUT2D eigenvalue weighted by atomic mass is 16.4. The van der Waals surface area contributed by atoms with E-state index in [0.29, 0.717) is 6.42 Å². The van der Waals surface area contributed by atoms with Crippen LogP contribution >= 0.6 is 0 Å². The number of rotatable bonds is 8. The maximum absolute atomic E-state index is 10.8. The molecule has 5 atom stereocenters. The second-order valence-electron chi connectivity index (χ2n) is 5.66. The third-order valence-electron chi connectivity index (χ3n) is 3.99. The average molecular weight is 286 g/mol. The Bertz CT molecular complexity index is 328. The summed E-state index contributed by atoms with van der Waals surface area (Å²) in [5.41, 5.74) is 0. The molecule has 5 heteroatoms. The molecule has 1 saturated carbocycles. The van der Waals surface area contributed by atoms with Gasteiger partial charge in [-0.3, -0.25) is 4.79 Å². The van der Waals surface area contributed by atoms with Crippen molar-refractivity contribution in [2.75, 3.05) is 0 Å². The monoisotopic (exact) mass is 286 g/mol. The largest absolute Gasteiger partial charge is 0.481 e. The summed E-state index contributed by atoms with van der Waals surface area (Å²) in [4.78, 5) is 10.8. The van der Waals surface area contributed by atoms with Gasteiger partial charge < -0.3 is 20.4 Å². The standard InChI is InChI=1S/C15H26O5/c1-2-3-4-5-10(16)6-7-11-12(8-15(19)20)14(18)9-13(11)17/h6-7,10-14,16-18H,2-5,8-9H2,1H3,(H,19,20)/t10-,11?,12+,13+,14-/m0/s1. The number of aliphatic hydroxyl groups excluding tert-OH is 3. The van der Waals surface area contributed by atoms with Crippen LogP contribution < -0.4 is 0 Å². The molecule has 0 aromatic rings. The first-order valence-electron chi connectivity index (χ1n) is 7.40. The highest BCUT2D eigenvalue weighted by Gasteiger charge is 2.41. The summed E-state index contributed by atoms with van der Waals surface area (Å²) in [7, 11) is 0. The van der Waals surface area contributed by atoms with Crippen molar-refractivity contribution in [1.82, 2.24) is 0 Å². The summed E-state index contributed by atoms with van der Waals surface area (Å²) in [6.07, 6.45) is 4.97. The lowest BCUT2D eigenvalue weighted by Gasteiger charge is -2.19. The Morgan fingerprint density at radius 2 is 2.00 bits per heavy atom. The zero-order valence-corrected chi connectivity index (χ0v) is 12.0. The van der Waals surface area contributed by atoms with Crippen LogP contribution in [0.25, 0.3) is 0 Å². The first kappa shape index (κ1) is 17.1. The van der Waals surface area contributed by atoms with Crippen LogP contribution in [0.1, 0.15) is 45.4 Å². The number of hydrogen-bond acceptors (Lipinski definition) is 4. The van der Waals surface area contributed by atoms with E-state index >= 15 is 0 Å². The van der Waals surface area contributed by atoms with Crippen LogP contribution in [0.15, 0.2) is 12.2 Å². The lowest BCUT2D eigenvalue weighted by atomic mass is 9.90. The number of aliphatic carboxylic acids is 1. The fraction of sp³-hybridized carbons (Fsp3) is 0.800. The highest BCUT2D eigenvalue weighted by molar-refractivity contribution is 5.67. The topological polar surface area (TPSA) is 98.0 Å². The number of carboxylic acid groups (broad SMARTS) is 1. The summed E-state index contributed by atoms with van der Waals surface area (Å²) in [6.45, 7) is 2.09. The zero-order valence-electron chi connectivity index (χ0n) is 12.0. The Morgan fingerprint density at radius 3 is 2.60 bits per heavy atom. The van der Waals surface area contributed by atoms with Crippen molar-refractivity contribution < 1.29 is 25.2 Å². The van der Waals surface area contributed by atoms with E-state index in [1.807, 2.05) is 0 Å². The van der Waals surface area contributed by atoms with Crippen LogP contribution in [0.3, 0.4) is 0 Å². The van der Waals surface area contributed by atoms with Crippen molar-refractivity contribution in [3.05, 3.63) is 12.2 Å². The minimum atomic E-state index is -0.981. The molecule has 0 amide bonds. The van der Waals surface area contributed by atoms with Gasteiger partial charge in [0.05, 0.1) is 24.7 Å². The maximum Gasteiger partial charge on any atom is 0.303 e. The van der Waals surface area contributed by atoms with Gasteiger partial charge in [0.1, 0.15) is 0 Å². The van der Waals surface area contributed by atoms with Crippen LogP contribution in [0.4, 0.5) is 0 Å². The van der Waals surface area contributed by atoms with Crippen LogP contribution in [0, 0.1) is 11.8 Å². The summed E-state index contributed by atoms with van der Waals surface area (Å²) >= 11 is 0. The Labute approximate surface area is 119 Å². The molecule has 1 aliphatic rings. The van der Waals surface area contributed by atoms with E-state index < -0.39 is 36.1 Å². The zero-order chi connectivity index (χ0) is 15.1. The molecule has 0 saturated heterocycles. The number of carboxylic acids is 1. The van der Waals surface area contributed by atoms with Crippen molar-refractivity contribution in [2.24, 2.45) is 11.8 Å². The van der Waals surface area contributed by atoms with E-state index in [4.69, 9.17) is 5.11 Å². The smallest absolute Gasteiger partial charge is 0.303 e. The lowest BCUT2D eigenvalue weighted by molar-refractivity contribution is -0.139. The Kier molecular flexibility index (Phi) is 7.19. The molecule has 0 aromatic carbocycles. The van der Waals surface area contributed by atoms with Crippen LogP contribution in [-0.2, 0) is 4.79 Å². The van der Waals surface area contributed by atoms with Gasteiger partial charge in [0.2, 0.25) is 0 Å². The minimum absolute atomic E-state index is 0.167. The SMILES string of the molecule is CCCCC[C@H](O)C=CC1[C@H](O)C[C@H](O)[C@@H]1CC(=O)O. The molecule has 5 nitrogen and oxygen atoms in total. The molecule has 1 fully saturated rings. The van der Waals surface area contributed by atoms with E-state index in [0.717, 1.165) is 19.3 Å². The molecular weight excluding hydrogens is 260 g/mol. The first-order chi connectivity index (χ1) is 9.45. The number of unbranched alkanes of at least 4 members (excludes halogenated alkanes) is 2. The van der Waals surface area contributed by atoms with Gasteiger partial charge in [0, 0.05) is 18.3 Å². The lowest BCUT2D eigenvalue weighted by Crippen LogP contribution is -2.23. The van der Waals surface area contributed by atoms with Crippen molar-refractivity contribution in [1.29, 1.82) is 0 Å². The molecule has 116 valence electrons. The maximum atomic E-state index is 10.8. The van der Waals surface area contributed by atoms with Gasteiger partial charge >= 0.3 is 5.97 Å².